The lowest BCUT2D eigenvalue weighted by atomic mass is 10.2. The van der Waals surface area contributed by atoms with E-state index in [1.54, 1.807) is 37.7 Å². The van der Waals surface area contributed by atoms with Crippen molar-refractivity contribution in [2.75, 3.05) is 12.1 Å². The van der Waals surface area contributed by atoms with Gasteiger partial charge in [-0.1, -0.05) is 12.1 Å². The summed E-state index contributed by atoms with van der Waals surface area (Å²) in [7, 11) is -3.79. The molecule has 3 N–H and O–H groups in total. The van der Waals surface area contributed by atoms with E-state index < -0.39 is 30.6 Å². The summed E-state index contributed by atoms with van der Waals surface area (Å²) in [6, 6.07) is 4.81. The van der Waals surface area contributed by atoms with Crippen LogP contribution in [-0.2, 0) is 36.5 Å². The van der Waals surface area contributed by atoms with Crippen molar-refractivity contribution in [2.24, 2.45) is 0 Å². The zero-order valence-electron chi connectivity index (χ0n) is 20.9. The van der Waals surface area contributed by atoms with E-state index in [1.165, 1.54) is 31.5 Å². The molecule has 0 radical (unpaired) electrons. The Balaban J connectivity index is 1.71. The highest BCUT2D eigenvalue weighted by molar-refractivity contribution is 7.56. The molecule has 37 heavy (non-hydrogen) atoms. The Morgan fingerprint density at radius 1 is 1.24 bits per heavy atom. The molecule has 15 heteroatoms. The fourth-order valence-corrected chi connectivity index (χ4v) is 5.05. The van der Waals surface area contributed by atoms with Crippen LogP contribution in [0.5, 0.6) is 0 Å². The van der Waals surface area contributed by atoms with Crippen LogP contribution in [0, 0.1) is 10.1 Å². The van der Waals surface area contributed by atoms with Crippen LogP contribution < -0.4 is 10.8 Å². The number of nitro groups is 1. The number of benzene rings is 1. The van der Waals surface area contributed by atoms with Crippen molar-refractivity contribution in [1.29, 1.82) is 0 Å². The summed E-state index contributed by atoms with van der Waals surface area (Å²) in [6.45, 7) is 6.76. The van der Waals surface area contributed by atoms with Gasteiger partial charge in [0.05, 0.1) is 36.6 Å². The first-order valence-electron chi connectivity index (χ1n) is 11.5. The van der Waals surface area contributed by atoms with Gasteiger partial charge in [-0.15, -0.1) is 0 Å². The van der Waals surface area contributed by atoms with Gasteiger partial charge < -0.3 is 24.3 Å². The highest BCUT2D eigenvalue weighted by Crippen LogP contribution is 2.44. The van der Waals surface area contributed by atoms with E-state index in [4.69, 9.17) is 19.7 Å². The summed E-state index contributed by atoms with van der Waals surface area (Å²) in [5.41, 5.74) is 7.12. The van der Waals surface area contributed by atoms with E-state index in [1.807, 2.05) is 0 Å². The van der Waals surface area contributed by atoms with E-state index in [-0.39, 0.29) is 30.6 Å². The molecule has 200 valence electrons. The number of rotatable bonds is 13. The predicted octanol–water partition coefficient (Wildman–Crippen LogP) is 3.02. The molecule has 0 saturated carbocycles. The number of hydrogen-bond acceptors (Lipinski definition) is 11. The number of hydrogen-bond donors (Lipinski definition) is 2. The first kappa shape index (κ1) is 28.1. The summed E-state index contributed by atoms with van der Waals surface area (Å²) in [5, 5.41) is 13.8. The third kappa shape index (κ3) is 7.76. The Bertz CT molecular complexity index is 1300. The lowest BCUT2D eigenvalue weighted by Gasteiger charge is -2.25. The van der Waals surface area contributed by atoms with Crippen LogP contribution in [0.4, 0.5) is 11.5 Å². The third-order valence-electron chi connectivity index (χ3n) is 5.07. The van der Waals surface area contributed by atoms with Crippen LogP contribution in [0.1, 0.15) is 33.3 Å². The maximum atomic E-state index is 13.7. The summed E-state index contributed by atoms with van der Waals surface area (Å²) in [4.78, 5) is 35.2. The van der Waals surface area contributed by atoms with Gasteiger partial charge in [0.25, 0.3) is 13.2 Å². The van der Waals surface area contributed by atoms with Crippen molar-refractivity contribution in [2.45, 2.75) is 59.1 Å². The van der Waals surface area contributed by atoms with Crippen LogP contribution in [0.2, 0.25) is 0 Å². The Morgan fingerprint density at radius 3 is 2.70 bits per heavy atom. The number of carbonyl (C=O) groups excluding carboxylic acids is 1. The highest BCUT2D eigenvalue weighted by atomic mass is 31.2. The fraction of sp³-hybridized carbons (Fsp3) is 0.455. The van der Waals surface area contributed by atoms with Crippen molar-refractivity contribution in [3.63, 3.8) is 0 Å². The number of imidazole rings is 1. The van der Waals surface area contributed by atoms with Crippen molar-refractivity contribution < 1.29 is 28.3 Å². The number of nitrogen functional groups attached to an aromatic ring is 1. The Hall–Kier alpha value is -3.45. The number of nitro benzene ring substituents is 1. The second kappa shape index (κ2) is 12.2. The topological polar surface area (TPSA) is 187 Å². The van der Waals surface area contributed by atoms with E-state index in [9.17, 15) is 19.5 Å². The molecule has 2 aromatic heterocycles. The number of ether oxygens (including phenoxy) is 2. The molecule has 0 fully saturated rings. The highest BCUT2D eigenvalue weighted by Gasteiger charge is 2.31. The van der Waals surface area contributed by atoms with Crippen LogP contribution >= 0.6 is 7.52 Å². The molecule has 0 saturated heterocycles. The SMILES string of the molecule is CC(C)OC(=O)[C@H](C)NP(=O)(CO[C@H](C)Cn1cnc2c(N)ncnc21)OCc1cccc([N+](=O)[O-])c1. The van der Waals surface area contributed by atoms with E-state index in [2.05, 4.69) is 20.0 Å². The van der Waals surface area contributed by atoms with Crippen LogP contribution in [0.15, 0.2) is 36.9 Å². The van der Waals surface area contributed by atoms with Gasteiger partial charge in [-0.25, -0.2) is 20.0 Å². The number of nitrogens with one attached hydrogen (secondary N) is 1. The molecule has 0 aliphatic rings. The molecule has 14 nitrogen and oxygen atoms in total. The molecule has 0 bridgehead atoms. The second-order valence-corrected chi connectivity index (χ2v) is 10.8. The zero-order chi connectivity index (χ0) is 27.2. The maximum absolute atomic E-state index is 13.7. The molecule has 0 aliphatic heterocycles. The number of fused-ring (bicyclic) bond motifs is 1. The number of esters is 1. The molecular formula is C22H30N7O7P. The van der Waals surface area contributed by atoms with E-state index >= 15 is 0 Å². The van der Waals surface area contributed by atoms with Gasteiger partial charge in [0.2, 0.25) is 0 Å². The molecule has 2 heterocycles. The number of non-ortho nitro benzene ring substituents is 1. The number of carbonyl (C=O) groups is 1. The van der Waals surface area contributed by atoms with Gasteiger partial charge in [-0.2, -0.15) is 0 Å². The van der Waals surface area contributed by atoms with Crippen molar-refractivity contribution in [3.05, 3.63) is 52.6 Å². The molecule has 1 aromatic carbocycles. The largest absolute Gasteiger partial charge is 0.462 e. The van der Waals surface area contributed by atoms with Crippen LogP contribution in [0.3, 0.4) is 0 Å². The molecule has 0 spiro atoms. The second-order valence-electron chi connectivity index (χ2n) is 8.64. The number of anilines is 1. The summed E-state index contributed by atoms with van der Waals surface area (Å²) in [5.74, 6) is -0.354. The van der Waals surface area contributed by atoms with Crippen molar-refractivity contribution >= 4 is 36.2 Å². The normalized spacial score (nSPS) is 14.8. The Morgan fingerprint density at radius 2 is 2.00 bits per heavy atom. The molecule has 3 atom stereocenters. The van der Waals surface area contributed by atoms with Crippen LogP contribution in [-0.4, -0.2) is 55.0 Å². The minimum absolute atomic E-state index is 0.125. The molecular weight excluding hydrogens is 505 g/mol. The number of nitrogens with two attached hydrogens (primary N) is 1. The predicted molar refractivity (Wildman–Crippen MR) is 134 cm³/mol. The van der Waals surface area contributed by atoms with Gasteiger partial charge in [-0.3, -0.25) is 19.5 Å². The fourth-order valence-electron chi connectivity index (χ4n) is 3.32. The van der Waals surface area contributed by atoms with E-state index in [0.29, 0.717) is 23.3 Å². The van der Waals surface area contributed by atoms with Crippen molar-refractivity contribution in [3.8, 4) is 0 Å². The quantitative estimate of drug-likeness (QED) is 0.141. The minimum Gasteiger partial charge on any atom is -0.462 e. The monoisotopic (exact) mass is 535 g/mol. The average Bonchev–Trinajstić information content (AvgIpc) is 3.25. The zero-order valence-corrected chi connectivity index (χ0v) is 21.8. The molecule has 0 aliphatic carbocycles. The van der Waals surface area contributed by atoms with Gasteiger partial charge in [0.15, 0.2) is 11.5 Å². The summed E-state index contributed by atoms with van der Waals surface area (Å²) < 4.78 is 32.1. The first-order valence-corrected chi connectivity index (χ1v) is 13.3. The van der Waals surface area contributed by atoms with Gasteiger partial charge >= 0.3 is 5.97 Å². The Labute approximate surface area is 213 Å². The number of aromatic nitrogens is 4. The van der Waals surface area contributed by atoms with E-state index in [0.717, 1.165) is 0 Å². The van der Waals surface area contributed by atoms with Crippen LogP contribution in [0.25, 0.3) is 11.2 Å². The molecule has 1 unspecified atom stereocenters. The smallest absolute Gasteiger partial charge is 0.323 e. The molecule has 3 aromatic rings. The average molecular weight is 535 g/mol. The standard InChI is InChI=1S/C22H30N7O7P/c1-14(2)36-22(30)16(4)27-37(33,35-10-17-6-5-7-18(8-17)29(31)32)13-34-15(3)9-28-12-26-19-20(23)24-11-25-21(19)28/h5-8,11-12,14-16H,9-10,13H2,1-4H3,(H,27,33)(H2,23,24,25)/t15-,16+,37?/m1/s1. The summed E-state index contributed by atoms with van der Waals surface area (Å²) in [6.07, 6.45) is 1.67. The van der Waals surface area contributed by atoms with Gasteiger partial charge in [0, 0.05) is 12.1 Å². The first-order chi connectivity index (χ1) is 17.5. The summed E-state index contributed by atoms with van der Waals surface area (Å²) >= 11 is 0. The molecule has 0 amide bonds. The third-order valence-corrected chi connectivity index (χ3v) is 6.89. The van der Waals surface area contributed by atoms with Gasteiger partial charge in [-0.05, 0) is 33.3 Å². The van der Waals surface area contributed by atoms with Gasteiger partial charge in [0.1, 0.15) is 24.2 Å². The Kier molecular flexibility index (Phi) is 9.27. The molecule has 3 rings (SSSR count). The number of nitrogens with zero attached hydrogens (tertiary/aromatic N) is 5. The maximum Gasteiger partial charge on any atom is 0.323 e. The van der Waals surface area contributed by atoms with Crippen molar-refractivity contribution in [1.82, 2.24) is 24.6 Å². The lowest BCUT2D eigenvalue weighted by molar-refractivity contribution is -0.384. The minimum atomic E-state index is -3.79. The lowest BCUT2D eigenvalue weighted by Crippen LogP contribution is -2.36.